The molecule has 1 aliphatic rings. The van der Waals surface area contributed by atoms with Crippen LogP contribution in [0.2, 0.25) is 0 Å². The van der Waals surface area contributed by atoms with Crippen LogP contribution in [0.1, 0.15) is 52.4 Å². The van der Waals surface area contributed by atoms with Gasteiger partial charge in [0.05, 0.1) is 12.2 Å². The lowest BCUT2D eigenvalue weighted by molar-refractivity contribution is -0.295. The average molecular weight is 507 g/mol. The Morgan fingerprint density at radius 2 is 1.83 bits per heavy atom. The van der Waals surface area contributed by atoms with Gasteiger partial charge in [0.1, 0.15) is 11.6 Å². The maximum absolute atomic E-state index is 14.8. The topological polar surface area (TPSA) is 73.6 Å². The molecule has 5 nitrogen and oxygen atoms in total. The number of aliphatic hydroxyl groups is 1. The summed E-state index contributed by atoms with van der Waals surface area (Å²) in [5, 5.41) is 18.5. The molecule has 0 unspecified atom stereocenters. The predicted octanol–water partition coefficient (Wildman–Crippen LogP) is 6.40. The molecule has 0 aromatic heterocycles. The molecule has 194 valence electrons. The van der Waals surface area contributed by atoms with Gasteiger partial charge >= 0.3 is 6.18 Å². The Labute approximate surface area is 208 Å². The summed E-state index contributed by atoms with van der Waals surface area (Å²) in [5.74, 6) is -1.41. The second-order valence-corrected chi connectivity index (χ2v) is 9.45. The number of carbonyl (C=O) groups excluding carboxylic acids is 1. The van der Waals surface area contributed by atoms with Crippen molar-refractivity contribution < 1.29 is 32.2 Å². The third kappa shape index (κ3) is 6.35. The Morgan fingerprint density at radius 1 is 1.17 bits per heavy atom. The molecule has 1 N–H and O–H groups in total. The van der Waals surface area contributed by atoms with Crippen LogP contribution < -0.4 is 9.64 Å². The molecule has 1 saturated carbocycles. The summed E-state index contributed by atoms with van der Waals surface area (Å²) in [7, 11) is 0. The minimum atomic E-state index is -4.81. The number of ether oxygens (including phenoxy) is 1. The molecule has 0 bridgehead atoms. The quantitative estimate of drug-likeness (QED) is 0.299. The largest absolute Gasteiger partial charge is 0.491 e. The van der Waals surface area contributed by atoms with Crippen molar-refractivity contribution in [1.29, 1.82) is 5.26 Å². The van der Waals surface area contributed by atoms with Crippen molar-refractivity contribution >= 4 is 11.6 Å². The molecule has 1 fully saturated rings. The molecular weight excluding hydrogens is 476 g/mol. The van der Waals surface area contributed by atoms with Gasteiger partial charge in [-0.1, -0.05) is 18.6 Å². The Bertz CT molecular complexity index is 1090. The fraction of sp³-hybridized carbons (Fsp3) is 0.481. The first kappa shape index (κ1) is 27.5. The van der Waals surface area contributed by atoms with E-state index in [1.807, 2.05) is 13.8 Å². The van der Waals surface area contributed by atoms with Crippen molar-refractivity contribution in [1.82, 2.24) is 0 Å². The van der Waals surface area contributed by atoms with Crippen LogP contribution in [0.3, 0.4) is 0 Å². The second-order valence-electron chi connectivity index (χ2n) is 9.45. The number of unbranched alkanes of at least 4 members (excludes halogenated alkanes) is 3. The van der Waals surface area contributed by atoms with Crippen LogP contribution >= 0.6 is 0 Å². The van der Waals surface area contributed by atoms with Gasteiger partial charge in [-0.3, -0.25) is 4.79 Å². The van der Waals surface area contributed by atoms with Gasteiger partial charge in [0.25, 0.3) is 0 Å². The molecule has 2 aromatic carbocycles. The van der Waals surface area contributed by atoms with E-state index in [-0.39, 0.29) is 18.2 Å². The minimum Gasteiger partial charge on any atom is -0.491 e. The fourth-order valence-electron chi connectivity index (χ4n) is 4.29. The molecule has 0 spiro atoms. The van der Waals surface area contributed by atoms with Gasteiger partial charge in [-0.05, 0) is 75.4 Å². The van der Waals surface area contributed by atoms with Gasteiger partial charge in [0, 0.05) is 30.1 Å². The van der Waals surface area contributed by atoms with Crippen LogP contribution in [-0.2, 0) is 4.79 Å². The van der Waals surface area contributed by atoms with Crippen molar-refractivity contribution in [3.8, 4) is 22.9 Å². The van der Waals surface area contributed by atoms with E-state index in [1.54, 1.807) is 24.3 Å². The number of hydrogen-bond donors (Lipinski definition) is 1. The molecule has 9 heteroatoms. The lowest BCUT2D eigenvalue weighted by atomic mass is 9.69. The highest BCUT2D eigenvalue weighted by Gasteiger charge is 2.63. The van der Waals surface area contributed by atoms with E-state index < -0.39 is 42.3 Å². The van der Waals surface area contributed by atoms with Gasteiger partial charge in [0.15, 0.2) is 5.60 Å². The maximum Gasteiger partial charge on any atom is 0.417 e. The molecule has 1 amide bonds. The molecule has 2 aromatic rings. The number of rotatable bonds is 10. The molecule has 1 aliphatic carbocycles. The van der Waals surface area contributed by atoms with Gasteiger partial charge < -0.3 is 14.7 Å². The van der Waals surface area contributed by atoms with Crippen LogP contribution in [0.4, 0.5) is 23.2 Å². The standard InChI is InChI=1S/C27H30F4N2O3/c1-18(2)36-22-10-7-19(8-11-22)23-15-21(9-12-24(23)28)33(14-6-4-3-5-13-32)25(34)20-16-26(35,17-20)27(29,30)31/h7-12,15,18,20,35H,3-6,14,16-17H2,1-2H3. The Kier molecular flexibility index (Phi) is 8.62. The highest BCUT2D eigenvalue weighted by Crippen LogP contribution is 2.49. The lowest BCUT2D eigenvalue weighted by Gasteiger charge is -2.45. The summed E-state index contributed by atoms with van der Waals surface area (Å²) >= 11 is 0. The van der Waals surface area contributed by atoms with E-state index in [1.165, 1.54) is 23.1 Å². The predicted molar refractivity (Wildman–Crippen MR) is 128 cm³/mol. The van der Waals surface area contributed by atoms with Crippen LogP contribution in [0.15, 0.2) is 42.5 Å². The van der Waals surface area contributed by atoms with Crippen molar-refractivity contribution in [2.24, 2.45) is 5.92 Å². The van der Waals surface area contributed by atoms with E-state index in [2.05, 4.69) is 6.07 Å². The summed E-state index contributed by atoms with van der Waals surface area (Å²) in [6, 6.07) is 13.0. The zero-order valence-corrected chi connectivity index (χ0v) is 20.3. The zero-order valence-electron chi connectivity index (χ0n) is 20.3. The van der Waals surface area contributed by atoms with Crippen molar-refractivity contribution in [2.45, 2.75) is 70.3 Å². The summed E-state index contributed by atoms with van der Waals surface area (Å²) in [6.45, 7) is 3.98. The molecular formula is C27H30F4N2O3. The molecule has 0 heterocycles. The molecule has 0 aliphatic heterocycles. The summed E-state index contributed by atoms with van der Waals surface area (Å²) in [6.07, 6.45) is -4.05. The third-order valence-electron chi connectivity index (χ3n) is 6.28. The zero-order chi connectivity index (χ0) is 26.5. The molecule has 0 atom stereocenters. The van der Waals surface area contributed by atoms with Crippen LogP contribution in [0.25, 0.3) is 11.1 Å². The fourth-order valence-corrected chi connectivity index (χ4v) is 4.29. The first-order chi connectivity index (χ1) is 16.9. The van der Waals surface area contributed by atoms with E-state index in [9.17, 15) is 27.5 Å². The minimum absolute atomic E-state index is 0.0230. The Hall–Kier alpha value is -3.12. The normalized spacial score (nSPS) is 19.5. The van der Waals surface area contributed by atoms with Crippen molar-refractivity contribution in [3.63, 3.8) is 0 Å². The van der Waals surface area contributed by atoms with E-state index in [4.69, 9.17) is 10.00 Å². The van der Waals surface area contributed by atoms with Crippen LogP contribution in [0, 0.1) is 23.1 Å². The molecule has 36 heavy (non-hydrogen) atoms. The second kappa shape index (κ2) is 11.3. The number of hydrogen-bond acceptors (Lipinski definition) is 4. The van der Waals surface area contributed by atoms with Crippen LogP contribution in [-0.4, -0.2) is 35.4 Å². The first-order valence-corrected chi connectivity index (χ1v) is 12.0. The highest BCUT2D eigenvalue weighted by molar-refractivity contribution is 5.96. The number of halogens is 4. The number of nitrogens with zero attached hydrogens (tertiary/aromatic N) is 2. The number of carbonyl (C=O) groups is 1. The molecule has 3 rings (SSSR count). The number of anilines is 1. The highest BCUT2D eigenvalue weighted by atomic mass is 19.4. The van der Waals surface area contributed by atoms with Gasteiger partial charge in [-0.25, -0.2) is 4.39 Å². The number of amides is 1. The SMILES string of the molecule is CC(C)Oc1ccc(-c2cc(N(CCCCCC#N)C(=O)C3CC(O)(C(F)(F)F)C3)ccc2F)cc1. The van der Waals surface area contributed by atoms with Crippen molar-refractivity contribution in [2.75, 3.05) is 11.4 Å². The van der Waals surface area contributed by atoms with E-state index >= 15 is 0 Å². The van der Waals surface area contributed by atoms with Gasteiger partial charge in [-0.2, -0.15) is 18.4 Å². The van der Waals surface area contributed by atoms with Gasteiger partial charge in [-0.15, -0.1) is 0 Å². The van der Waals surface area contributed by atoms with Crippen LogP contribution in [0.5, 0.6) is 5.75 Å². The monoisotopic (exact) mass is 506 g/mol. The van der Waals surface area contributed by atoms with Crippen molar-refractivity contribution in [3.05, 3.63) is 48.3 Å². The summed E-state index contributed by atoms with van der Waals surface area (Å²) in [4.78, 5) is 14.6. The number of benzene rings is 2. The first-order valence-electron chi connectivity index (χ1n) is 12.0. The molecule has 0 radical (unpaired) electrons. The van der Waals surface area contributed by atoms with E-state index in [0.29, 0.717) is 42.7 Å². The van der Waals surface area contributed by atoms with Gasteiger partial charge in [0.2, 0.25) is 5.91 Å². The maximum atomic E-state index is 14.8. The summed E-state index contributed by atoms with van der Waals surface area (Å²) < 4.78 is 59.7. The summed E-state index contributed by atoms with van der Waals surface area (Å²) in [5.41, 5.74) is -1.70. The van der Waals surface area contributed by atoms with E-state index in [0.717, 1.165) is 0 Å². The average Bonchev–Trinajstić information content (AvgIpc) is 2.79. The lowest BCUT2D eigenvalue weighted by Crippen LogP contribution is -2.59. The third-order valence-corrected chi connectivity index (χ3v) is 6.28. The molecule has 0 saturated heterocycles. The Balaban J connectivity index is 1.85. The number of nitriles is 1. The number of alkyl halides is 3. The Morgan fingerprint density at radius 3 is 2.42 bits per heavy atom. The smallest absolute Gasteiger partial charge is 0.417 e.